The molecule has 150 valence electrons. The highest BCUT2D eigenvalue weighted by Gasteiger charge is 2.13. The van der Waals surface area contributed by atoms with E-state index < -0.39 is 0 Å². The largest absolute Gasteiger partial charge is 0.492 e. The molecule has 0 saturated carbocycles. The lowest BCUT2D eigenvalue weighted by atomic mass is 10.1. The smallest absolute Gasteiger partial charge is 0.191 e. The molecule has 0 aliphatic heterocycles. The van der Waals surface area contributed by atoms with Crippen LogP contribution in [-0.2, 0) is 13.5 Å². The molecule has 0 saturated heterocycles. The molecule has 1 aromatic carbocycles. The van der Waals surface area contributed by atoms with Gasteiger partial charge in [-0.15, -0.1) is 24.0 Å². The first-order chi connectivity index (χ1) is 12.4. The van der Waals surface area contributed by atoms with Gasteiger partial charge in [-0.1, -0.05) is 11.6 Å². The number of nitrogens with one attached hydrogen (secondary N) is 2. The van der Waals surface area contributed by atoms with Crippen molar-refractivity contribution >= 4 is 41.5 Å². The minimum atomic E-state index is 0. The van der Waals surface area contributed by atoms with Gasteiger partial charge in [0, 0.05) is 30.9 Å². The second-order valence-electron chi connectivity index (χ2n) is 6.32. The molecule has 2 aromatic rings. The monoisotopic (exact) mass is 505 g/mol. The number of rotatable bonds is 7. The zero-order valence-corrected chi connectivity index (χ0v) is 19.6. The number of aliphatic imine (C=N–C) groups is 1. The standard InChI is InChI=1S/C19H28ClN5O.HI/c1-13(12-18-14(2)24-25(5)15(18)3)23-19(21-4)22-10-11-26-17-8-6-16(20)7-9-17;/h6-9,13H,10-12H2,1-5H3,(H2,21,22,23);1H. The molecule has 0 aliphatic rings. The van der Waals surface area contributed by atoms with Crippen molar-refractivity contribution < 1.29 is 4.74 Å². The molecule has 0 fully saturated rings. The number of aromatic nitrogens is 2. The number of hydrogen-bond donors (Lipinski definition) is 2. The maximum absolute atomic E-state index is 5.86. The minimum absolute atomic E-state index is 0. The van der Waals surface area contributed by atoms with Gasteiger partial charge in [0.1, 0.15) is 12.4 Å². The van der Waals surface area contributed by atoms with E-state index in [1.807, 2.05) is 36.0 Å². The molecule has 0 bridgehead atoms. The average molecular weight is 506 g/mol. The fraction of sp³-hybridized carbons (Fsp3) is 0.474. The Morgan fingerprint density at radius 3 is 2.52 bits per heavy atom. The zero-order valence-electron chi connectivity index (χ0n) is 16.5. The van der Waals surface area contributed by atoms with E-state index in [2.05, 4.69) is 41.5 Å². The lowest BCUT2D eigenvalue weighted by molar-refractivity contribution is 0.321. The Labute approximate surface area is 183 Å². The maximum atomic E-state index is 5.86. The topological polar surface area (TPSA) is 63.5 Å². The number of guanidine groups is 1. The first-order valence-electron chi connectivity index (χ1n) is 8.75. The third kappa shape index (κ3) is 7.21. The molecule has 2 N–H and O–H groups in total. The van der Waals surface area contributed by atoms with Crippen LogP contribution in [0, 0.1) is 13.8 Å². The van der Waals surface area contributed by atoms with Crippen LogP contribution in [0.4, 0.5) is 0 Å². The van der Waals surface area contributed by atoms with Crippen LogP contribution in [0.2, 0.25) is 5.02 Å². The van der Waals surface area contributed by atoms with Crippen LogP contribution in [0.5, 0.6) is 5.75 Å². The first kappa shape index (κ1) is 23.6. The van der Waals surface area contributed by atoms with E-state index in [0.717, 1.165) is 23.8 Å². The number of benzene rings is 1. The molecule has 2 rings (SSSR count). The summed E-state index contributed by atoms with van der Waals surface area (Å²) < 4.78 is 7.60. The van der Waals surface area contributed by atoms with Crippen LogP contribution in [0.3, 0.4) is 0 Å². The van der Waals surface area contributed by atoms with E-state index in [0.29, 0.717) is 18.2 Å². The Balaban J connectivity index is 0.00000364. The molecule has 1 aromatic heterocycles. The van der Waals surface area contributed by atoms with Gasteiger partial charge < -0.3 is 15.4 Å². The van der Waals surface area contributed by atoms with Gasteiger partial charge >= 0.3 is 0 Å². The van der Waals surface area contributed by atoms with Crippen molar-refractivity contribution in [2.45, 2.75) is 33.2 Å². The summed E-state index contributed by atoms with van der Waals surface area (Å²) in [5.41, 5.74) is 3.57. The molecule has 27 heavy (non-hydrogen) atoms. The number of halogens is 2. The SMILES string of the molecule is CN=C(NCCOc1ccc(Cl)cc1)NC(C)Cc1c(C)nn(C)c1C.I. The van der Waals surface area contributed by atoms with E-state index in [-0.39, 0.29) is 30.0 Å². The summed E-state index contributed by atoms with van der Waals surface area (Å²) in [6, 6.07) is 7.58. The Bertz CT molecular complexity index is 745. The van der Waals surface area contributed by atoms with Crippen LogP contribution in [-0.4, -0.2) is 42.0 Å². The molecule has 1 atom stereocenters. The first-order valence-corrected chi connectivity index (χ1v) is 9.13. The summed E-state index contributed by atoms with van der Waals surface area (Å²) in [4.78, 5) is 4.28. The molecule has 0 radical (unpaired) electrons. The predicted molar refractivity (Wildman–Crippen MR) is 123 cm³/mol. The van der Waals surface area contributed by atoms with Crippen molar-refractivity contribution in [2.75, 3.05) is 20.2 Å². The highest BCUT2D eigenvalue weighted by Crippen LogP contribution is 2.15. The Morgan fingerprint density at radius 1 is 1.30 bits per heavy atom. The highest BCUT2D eigenvalue weighted by atomic mass is 127. The molecular weight excluding hydrogens is 477 g/mol. The molecule has 8 heteroatoms. The summed E-state index contributed by atoms with van der Waals surface area (Å²) in [6.07, 6.45) is 0.896. The van der Waals surface area contributed by atoms with Crippen LogP contribution >= 0.6 is 35.6 Å². The zero-order chi connectivity index (χ0) is 19.1. The minimum Gasteiger partial charge on any atom is -0.492 e. The molecular formula is C19H29ClIN5O. The third-order valence-corrected chi connectivity index (χ3v) is 4.50. The lowest BCUT2D eigenvalue weighted by Crippen LogP contribution is -2.44. The Kier molecular flexibility index (Phi) is 9.93. The molecule has 1 unspecified atom stereocenters. The van der Waals surface area contributed by atoms with Crippen LogP contribution in [0.15, 0.2) is 29.3 Å². The van der Waals surface area contributed by atoms with Crippen molar-refractivity contribution in [2.24, 2.45) is 12.0 Å². The summed E-state index contributed by atoms with van der Waals surface area (Å²) >= 11 is 5.86. The highest BCUT2D eigenvalue weighted by molar-refractivity contribution is 14.0. The van der Waals surface area contributed by atoms with Crippen LogP contribution < -0.4 is 15.4 Å². The van der Waals surface area contributed by atoms with Gasteiger partial charge in [-0.3, -0.25) is 9.67 Å². The Morgan fingerprint density at radius 2 is 1.96 bits per heavy atom. The summed E-state index contributed by atoms with van der Waals surface area (Å²) in [5.74, 6) is 1.56. The number of aryl methyl sites for hydroxylation is 2. The molecule has 0 amide bonds. The quantitative estimate of drug-likeness (QED) is 0.262. The lowest BCUT2D eigenvalue weighted by Gasteiger charge is -2.18. The number of nitrogens with zero attached hydrogens (tertiary/aromatic N) is 3. The van der Waals surface area contributed by atoms with Gasteiger partial charge in [-0.05, 0) is 57.0 Å². The summed E-state index contributed by atoms with van der Waals surface area (Å²) in [5, 5.41) is 11.9. The van der Waals surface area contributed by atoms with Crippen molar-refractivity contribution in [3.63, 3.8) is 0 Å². The van der Waals surface area contributed by atoms with E-state index >= 15 is 0 Å². The van der Waals surface area contributed by atoms with Gasteiger partial charge in [-0.25, -0.2) is 0 Å². The second-order valence-corrected chi connectivity index (χ2v) is 6.76. The fourth-order valence-corrected chi connectivity index (χ4v) is 2.89. The third-order valence-electron chi connectivity index (χ3n) is 4.25. The fourth-order valence-electron chi connectivity index (χ4n) is 2.77. The Hall–Kier alpha value is -1.48. The number of hydrogen-bond acceptors (Lipinski definition) is 3. The molecule has 0 spiro atoms. The number of ether oxygens (including phenoxy) is 1. The molecule has 6 nitrogen and oxygen atoms in total. The molecule has 1 heterocycles. The van der Waals surface area contributed by atoms with Crippen LogP contribution in [0.1, 0.15) is 23.9 Å². The summed E-state index contributed by atoms with van der Waals surface area (Å²) in [6.45, 7) is 7.49. The van der Waals surface area contributed by atoms with Gasteiger partial charge in [0.2, 0.25) is 0 Å². The average Bonchev–Trinajstić information content (AvgIpc) is 2.85. The van der Waals surface area contributed by atoms with Gasteiger partial charge in [0.25, 0.3) is 0 Å². The van der Waals surface area contributed by atoms with E-state index in [1.54, 1.807) is 7.05 Å². The maximum Gasteiger partial charge on any atom is 0.191 e. The van der Waals surface area contributed by atoms with E-state index in [4.69, 9.17) is 16.3 Å². The van der Waals surface area contributed by atoms with Gasteiger partial charge in [-0.2, -0.15) is 5.10 Å². The van der Waals surface area contributed by atoms with E-state index in [9.17, 15) is 0 Å². The predicted octanol–water partition coefficient (Wildman–Crippen LogP) is 3.48. The van der Waals surface area contributed by atoms with Crippen molar-refractivity contribution in [3.05, 3.63) is 46.2 Å². The van der Waals surface area contributed by atoms with Crippen molar-refractivity contribution in [1.82, 2.24) is 20.4 Å². The second kappa shape index (κ2) is 11.4. The van der Waals surface area contributed by atoms with Crippen molar-refractivity contribution in [3.8, 4) is 5.75 Å². The van der Waals surface area contributed by atoms with E-state index in [1.165, 1.54) is 11.3 Å². The normalized spacial score (nSPS) is 12.3. The summed E-state index contributed by atoms with van der Waals surface area (Å²) in [7, 11) is 3.74. The van der Waals surface area contributed by atoms with Crippen LogP contribution in [0.25, 0.3) is 0 Å². The molecule has 0 aliphatic carbocycles. The van der Waals surface area contributed by atoms with Crippen molar-refractivity contribution in [1.29, 1.82) is 0 Å². The van der Waals surface area contributed by atoms with Gasteiger partial charge in [0.15, 0.2) is 5.96 Å². The van der Waals surface area contributed by atoms with Gasteiger partial charge in [0.05, 0.1) is 12.2 Å².